The van der Waals surface area contributed by atoms with Crippen molar-refractivity contribution >= 4 is 28.4 Å². The number of piperidine rings is 2. The molecule has 8 nitrogen and oxygen atoms in total. The average Bonchev–Trinajstić information content (AvgIpc) is 2.94. The van der Waals surface area contributed by atoms with Crippen LogP contribution >= 0.6 is 0 Å². The zero-order valence-electron chi connectivity index (χ0n) is 16.1. The summed E-state index contributed by atoms with van der Waals surface area (Å²) in [5.41, 5.74) is 1.95. The molecule has 1 amide bonds. The van der Waals surface area contributed by atoms with E-state index in [0.29, 0.717) is 18.0 Å². The second-order valence-corrected chi connectivity index (χ2v) is 7.71. The number of anilines is 1. The lowest BCUT2D eigenvalue weighted by atomic mass is 9.93. The van der Waals surface area contributed by atoms with Crippen LogP contribution in [0.2, 0.25) is 0 Å². The summed E-state index contributed by atoms with van der Waals surface area (Å²) in [6.07, 6.45) is 3.05. The van der Waals surface area contributed by atoms with Gasteiger partial charge in [0.1, 0.15) is 0 Å². The molecule has 2 aliphatic heterocycles. The molecular weight excluding hydrogens is 360 g/mol. The lowest BCUT2D eigenvalue weighted by Crippen LogP contribution is -2.46. The molecule has 1 aromatic carbocycles. The van der Waals surface area contributed by atoms with Gasteiger partial charge in [0, 0.05) is 39.7 Å². The second-order valence-electron chi connectivity index (χ2n) is 7.71. The number of hydrogen-bond donors (Lipinski definition) is 2. The van der Waals surface area contributed by atoms with E-state index in [9.17, 15) is 14.4 Å². The minimum absolute atomic E-state index is 0.217. The molecule has 8 heteroatoms. The standard InChI is InChI=1S/C20H26N4O4/c1-22-17-14(23-10-6-13(7-11-23)8-12-25)3-2-4-15(17)24(20(22)28)18-16(26)5-9-21-19(18)27/h2-4,13,18,25H,5-12H2,1H3,(H,21,27). The Morgan fingerprint density at radius 2 is 1.93 bits per heavy atom. The highest BCUT2D eigenvalue weighted by Crippen LogP contribution is 2.32. The van der Waals surface area contributed by atoms with E-state index in [2.05, 4.69) is 10.2 Å². The topological polar surface area (TPSA) is 96.6 Å². The van der Waals surface area contributed by atoms with Crippen molar-refractivity contribution in [2.75, 3.05) is 31.1 Å². The monoisotopic (exact) mass is 386 g/mol. The summed E-state index contributed by atoms with van der Waals surface area (Å²) >= 11 is 0. The van der Waals surface area contributed by atoms with Crippen LogP contribution in [0, 0.1) is 5.92 Å². The number of para-hydroxylation sites is 1. The van der Waals surface area contributed by atoms with Crippen molar-refractivity contribution in [3.8, 4) is 0 Å². The van der Waals surface area contributed by atoms with Crippen molar-refractivity contribution in [2.45, 2.75) is 31.7 Å². The fourth-order valence-corrected chi connectivity index (χ4v) is 4.52. The molecule has 2 aliphatic rings. The fourth-order valence-electron chi connectivity index (χ4n) is 4.52. The number of aryl methyl sites for hydroxylation is 1. The third kappa shape index (κ3) is 3.01. The second kappa shape index (κ2) is 7.43. The van der Waals surface area contributed by atoms with E-state index in [1.807, 2.05) is 12.1 Å². The van der Waals surface area contributed by atoms with Crippen molar-refractivity contribution in [3.63, 3.8) is 0 Å². The third-order valence-corrected chi connectivity index (χ3v) is 6.06. The number of aliphatic hydroxyl groups excluding tert-OH is 1. The first-order valence-electron chi connectivity index (χ1n) is 9.89. The number of hydrogen-bond acceptors (Lipinski definition) is 5. The number of benzene rings is 1. The smallest absolute Gasteiger partial charge is 0.330 e. The largest absolute Gasteiger partial charge is 0.396 e. The Balaban J connectivity index is 1.77. The number of imidazole rings is 1. The fraction of sp³-hybridized carbons (Fsp3) is 0.550. The van der Waals surface area contributed by atoms with Gasteiger partial charge in [0.25, 0.3) is 5.91 Å². The summed E-state index contributed by atoms with van der Waals surface area (Å²) < 4.78 is 2.88. The van der Waals surface area contributed by atoms with Crippen molar-refractivity contribution in [1.82, 2.24) is 14.5 Å². The van der Waals surface area contributed by atoms with E-state index in [0.717, 1.165) is 43.6 Å². The number of ketones is 1. The Morgan fingerprint density at radius 1 is 1.18 bits per heavy atom. The van der Waals surface area contributed by atoms with E-state index in [1.54, 1.807) is 17.7 Å². The summed E-state index contributed by atoms with van der Waals surface area (Å²) in [5, 5.41) is 11.9. The average molecular weight is 386 g/mol. The zero-order valence-corrected chi connectivity index (χ0v) is 16.1. The Bertz CT molecular complexity index is 952. The van der Waals surface area contributed by atoms with E-state index >= 15 is 0 Å². The molecule has 0 bridgehead atoms. The van der Waals surface area contributed by atoms with Crippen LogP contribution in [0.1, 0.15) is 31.7 Å². The maximum absolute atomic E-state index is 13.0. The van der Waals surface area contributed by atoms with Crippen LogP contribution in [0.5, 0.6) is 0 Å². The minimum atomic E-state index is -1.10. The van der Waals surface area contributed by atoms with Crippen molar-refractivity contribution in [2.24, 2.45) is 13.0 Å². The molecule has 0 saturated carbocycles. The first-order valence-corrected chi connectivity index (χ1v) is 9.89. The molecule has 2 N–H and O–H groups in total. The van der Waals surface area contributed by atoms with Crippen LogP contribution in [0.25, 0.3) is 11.0 Å². The van der Waals surface area contributed by atoms with Gasteiger partial charge >= 0.3 is 5.69 Å². The van der Waals surface area contributed by atoms with Gasteiger partial charge in [0.2, 0.25) is 0 Å². The number of amides is 1. The van der Waals surface area contributed by atoms with Crippen LogP contribution in [0.3, 0.4) is 0 Å². The molecule has 4 rings (SSSR count). The predicted octanol–water partition coefficient (Wildman–Crippen LogP) is 0.569. The molecule has 1 atom stereocenters. The number of fused-ring (bicyclic) bond motifs is 1. The summed E-state index contributed by atoms with van der Waals surface area (Å²) in [7, 11) is 1.69. The van der Waals surface area contributed by atoms with Gasteiger partial charge in [0.15, 0.2) is 11.8 Å². The van der Waals surface area contributed by atoms with Crippen LogP contribution in [-0.2, 0) is 16.6 Å². The van der Waals surface area contributed by atoms with Crippen molar-refractivity contribution in [3.05, 3.63) is 28.7 Å². The number of Topliss-reactive ketones (excluding diaryl/α,β-unsaturated/α-hetero) is 1. The molecule has 1 aromatic heterocycles. The molecular formula is C20H26N4O4. The SMILES string of the molecule is Cn1c(=O)n(C2C(=O)CCNC2=O)c2cccc(N3CCC(CCO)CC3)c21. The maximum Gasteiger partial charge on any atom is 0.330 e. The number of aliphatic hydroxyl groups is 1. The Morgan fingerprint density at radius 3 is 2.61 bits per heavy atom. The highest BCUT2D eigenvalue weighted by Gasteiger charge is 2.35. The number of rotatable bonds is 4. The quantitative estimate of drug-likeness (QED) is 0.749. The molecule has 2 saturated heterocycles. The maximum atomic E-state index is 13.0. The molecule has 0 aliphatic carbocycles. The lowest BCUT2D eigenvalue weighted by Gasteiger charge is -2.34. The molecule has 0 spiro atoms. The summed E-state index contributed by atoms with van der Waals surface area (Å²) in [5.74, 6) is -0.118. The normalized spacial score (nSPS) is 21.4. The Hall–Kier alpha value is -2.61. The van der Waals surface area contributed by atoms with Gasteiger partial charge in [-0.3, -0.25) is 18.7 Å². The van der Waals surface area contributed by atoms with E-state index < -0.39 is 11.9 Å². The molecule has 2 aromatic rings. The van der Waals surface area contributed by atoms with Gasteiger partial charge in [-0.05, 0) is 37.3 Å². The van der Waals surface area contributed by atoms with E-state index in [4.69, 9.17) is 5.11 Å². The van der Waals surface area contributed by atoms with Crippen LogP contribution < -0.4 is 15.9 Å². The number of nitrogens with one attached hydrogen (secondary N) is 1. The Kier molecular flexibility index (Phi) is 4.97. The van der Waals surface area contributed by atoms with Gasteiger partial charge in [-0.25, -0.2) is 4.79 Å². The van der Waals surface area contributed by atoms with Gasteiger partial charge in [-0.15, -0.1) is 0 Å². The molecule has 1 unspecified atom stereocenters. The molecule has 0 radical (unpaired) electrons. The molecule has 2 fully saturated rings. The molecule has 3 heterocycles. The number of carbonyl (C=O) groups is 2. The summed E-state index contributed by atoms with van der Waals surface area (Å²) in [6.45, 7) is 2.24. The van der Waals surface area contributed by atoms with Gasteiger partial charge < -0.3 is 15.3 Å². The van der Waals surface area contributed by atoms with Crippen LogP contribution in [-0.4, -0.2) is 52.2 Å². The van der Waals surface area contributed by atoms with Crippen molar-refractivity contribution in [1.29, 1.82) is 0 Å². The van der Waals surface area contributed by atoms with E-state index in [1.165, 1.54) is 4.57 Å². The van der Waals surface area contributed by atoms with E-state index in [-0.39, 0.29) is 24.5 Å². The first-order chi connectivity index (χ1) is 13.5. The van der Waals surface area contributed by atoms with Crippen LogP contribution in [0.4, 0.5) is 5.69 Å². The summed E-state index contributed by atoms with van der Waals surface area (Å²) in [4.78, 5) is 40.0. The van der Waals surface area contributed by atoms with Gasteiger partial charge in [-0.2, -0.15) is 0 Å². The zero-order chi connectivity index (χ0) is 19.8. The first kappa shape index (κ1) is 18.7. The lowest BCUT2D eigenvalue weighted by molar-refractivity contribution is -0.135. The third-order valence-electron chi connectivity index (χ3n) is 6.06. The highest BCUT2D eigenvalue weighted by molar-refractivity contribution is 6.07. The van der Waals surface area contributed by atoms with Crippen molar-refractivity contribution < 1.29 is 14.7 Å². The number of nitrogens with zero attached hydrogens (tertiary/aromatic N) is 3. The minimum Gasteiger partial charge on any atom is -0.396 e. The van der Waals surface area contributed by atoms with Gasteiger partial charge in [-0.1, -0.05) is 6.07 Å². The number of aromatic nitrogens is 2. The molecule has 150 valence electrons. The number of carbonyl (C=O) groups excluding carboxylic acids is 2. The van der Waals surface area contributed by atoms with Crippen LogP contribution in [0.15, 0.2) is 23.0 Å². The highest BCUT2D eigenvalue weighted by atomic mass is 16.3. The molecule has 28 heavy (non-hydrogen) atoms. The Labute approximate surface area is 162 Å². The predicted molar refractivity (Wildman–Crippen MR) is 105 cm³/mol. The van der Waals surface area contributed by atoms with Gasteiger partial charge in [0.05, 0.1) is 16.7 Å². The summed E-state index contributed by atoms with van der Waals surface area (Å²) in [6, 6.07) is 4.56.